The first-order valence-corrected chi connectivity index (χ1v) is 11.0. The summed E-state index contributed by atoms with van der Waals surface area (Å²) >= 11 is 3.44. The Morgan fingerprint density at radius 1 is 1.29 bits per heavy atom. The fourth-order valence-corrected chi connectivity index (χ4v) is 3.44. The summed E-state index contributed by atoms with van der Waals surface area (Å²) in [5, 5.41) is 5.07. The van der Waals surface area contributed by atoms with E-state index in [0.717, 1.165) is 22.1 Å². The molecular weight excluding hydrogens is 456 g/mol. The highest BCUT2D eigenvalue weighted by Crippen LogP contribution is 2.25. The molecule has 3 aromatic rings. The van der Waals surface area contributed by atoms with E-state index in [0.29, 0.717) is 29.1 Å². The predicted octanol–water partition coefficient (Wildman–Crippen LogP) is 5.19. The first-order chi connectivity index (χ1) is 14.8. The molecule has 6 nitrogen and oxygen atoms in total. The van der Waals surface area contributed by atoms with Gasteiger partial charge in [-0.1, -0.05) is 42.4 Å². The molecule has 0 amide bonds. The summed E-state index contributed by atoms with van der Waals surface area (Å²) in [5.74, 6) is 1.38. The van der Waals surface area contributed by atoms with Crippen LogP contribution in [0.25, 0.3) is 10.9 Å². The number of benzene rings is 2. The zero-order valence-corrected chi connectivity index (χ0v) is 19.9. The van der Waals surface area contributed by atoms with Gasteiger partial charge in [0, 0.05) is 41.8 Å². The van der Waals surface area contributed by atoms with Gasteiger partial charge in [0.05, 0.1) is 17.1 Å². The van der Waals surface area contributed by atoms with Crippen LogP contribution in [0, 0.1) is 0 Å². The second kappa shape index (κ2) is 9.92. The van der Waals surface area contributed by atoms with Crippen LogP contribution >= 0.6 is 15.9 Å². The van der Waals surface area contributed by atoms with Crippen molar-refractivity contribution in [1.29, 1.82) is 0 Å². The van der Waals surface area contributed by atoms with Crippen LogP contribution < -0.4 is 15.2 Å². The van der Waals surface area contributed by atoms with E-state index in [4.69, 9.17) is 9.72 Å². The molecule has 1 aromatic heterocycles. The molecule has 0 fully saturated rings. The highest BCUT2D eigenvalue weighted by Gasteiger charge is 2.16. The van der Waals surface area contributed by atoms with Crippen LogP contribution in [0.3, 0.4) is 0 Å². The van der Waals surface area contributed by atoms with Crippen LogP contribution in [0.1, 0.15) is 37.6 Å². The lowest BCUT2D eigenvalue weighted by atomic mass is 10.1. The Labute approximate surface area is 191 Å². The van der Waals surface area contributed by atoms with Crippen molar-refractivity contribution >= 4 is 38.7 Å². The summed E-state index contributed by atoms with van der Waals surface area (Å²) < 4.78 is 8.06. The molecule has 0 aliphatic heterocycles. The minimum absolute atomic E-state index is 0.0745. The van der Waals surface area contributed by atoms with Gasteiger partial charge in [0.1, 0.15) is 18.2 Å². The molecule has 0 unspecified atom stereocenters. The highest BCUT2D eigenvalue weighted by molar-refractivity contribution is 9.10. The standard InChI is InChI=1S/C24H27BrN4O2/c1-6-12-31-22-14-19(28(4)5)10-8-17(22)15-26-29-23(16(3)7-2)27-21-11-9-18(25)13-20(21)24(29)30/h6,8-11,13-16H,1,7,12H2,2-5H3/t16-/m1/s1. The zero-order chi connectivity index (χ0) is 22.5. The summed E-state index contributed by atoms with van der Waals surface area (Å²) in [5.41, 5.74) is 2.24. The van der Waals surface area contributed by atoms with Gasteiger partial charge < -0.3 is 9.64 Å². The maximum absolute atomic E-state index is 13.3. The molecule has 0 N–H and O–H groups in total. The van der Waals surface area contributed by atoms with Gasteiger partial charge in [0.25, 0.3) is 5.56 Å². The first-order valence-electron chi connectivity index (χ1n) is 10.2. The fourth-order valence-electron chi connectivity index (χ4n) is 3.08. The quantitative estimate of drug-likeness (QED) is 0.327. The predicted molar refractivity (Wildman–Crippen MR) is 132 cm³/mol. The summed E-state index contributed by atoms with van der Waals surface area (Å²) in [6.07, 6.45) is 4.19. The number of hydrogen-bond donors (Lipinski definition) is 0. The topological polar surface area (TPSA) is 59.7 Å². The number of aromatic nitrogens is 2. The van der Waals surface area contributed by atoms with Crippen LogP contribution in [0.15, 0.2) is 63.4 Å². The lowest BCUT2D eigenvalue weighted by Crippen LogP contribution is -2.23. The molecular formula is C24H27BrN4O2. The molecule has 0 saturated heterocycles. The molecule has 0 radical (unpaired) electrons. The van der Waals surface area contributed by atoms with Gasteiger partial charge in [-0.2, -0.15) is 9.78 Å². The molecule has 0 bridgehead atoms. The van der Waals surface area contributed by atoms with Crippen LogP contribution in [0.4, 0.5) is 5.69 Å². The molecule has 2 aromatic carbocycles. The smallest absolute Gasteiger partial charge is 0.282 e. The van der Waals surface area contributed by atoms with Gasteiger partial charge in [-0.05, 0) is 36.8 Å². The molecule has 1 atom stereocenters. The van der Waals surface area contributed by atoms with Gasteiger partial charge >= 0.3 is 0 Å². The third-order valence-corrected chi connectivity index (χ3v) is 5.56. The lowest BCUT2D eigenvalue weighted by molar-refractivity contribution is 0.363. The average molecular weight is 483 g/mol. The van der Waals surface area contributed by atoms with Crippen LogP contribution in [-0.4, -0.2) is 36.6 Å². The molecule has 162 valence electrons. The molecule has 3 rings (SSSR count). The van der Waals surface area contributed by atoms with Crippen molar-refractivity contribution in [2.24, 2.45) is 5.10 Å². The number of rotatable bonds is 8. The number of anilines is 1. The number of nitrogens with zero attached hydrogens (tertiary/aromatic N) is 4. The first kappa shape index (κ1) is 22.7. The highest BCUT2D eigenvalue weighted by atomic mass is 79.9. The second-order valence-electron chi connectivity index (χ2n) is 7.52. The molecule has 31 heavy (non-hydrogen) atoms. The van der Waals surface area contributed by atoms with E-state index >= 15 is 0 Å². The number of ether oxygens (including phenoxy) is 1. The Kier molecular flexibility index (Phi) is 7.28. The fraction of sp³-hybridized carbons (Fsp3) is 0.292. The molecule has 0 aliphatic rings. The molecule has 0 aliphatic carbocycles. The maximum atomic E-state index is 13.3. The summed E-state index contributed by atoms with van der Waals surface area (Å²) in [6, 6.07) is 11.4. The van der Waals surface area contributed by atoms with Crippen molar-refractivity contribution in [3.8, 4) is 5.75 Å². The Morgan fingerprint density at radius 2 is 2.06 bits per heavy atom. The largest absolute Gasteiger partial charge is 0.489 e. The molecule has 0 spiro atoms. The number of hydrogen-bond acceptors (Lipinski definition) is 5. The number of halogens is 1. The van der Waals surface area contributed by atoms with Gasteiger partial charge in [-0.25, -0.2) is 4.98 Å². The van der Waals surface area contributed by atoms with Crippen molar-refractivity contribution < 1.29 is 4.74 Å². The number of fused-ring (bicyclic) bond motifs is 1. The van der Waals surface area contributed by atoms with E-state index in [-0.39, 0.29) is 11.5 Å². The monoisotopic (exact) mass is 482 g/mol. The van der Waals surface area contributed by atoms with Gasteiger partial charge in [0.15, 0.2) is 0 Å². The van der Waals surface area contributed by atoms with Gasteiger partial charge in [-0.15, -0.1) is 0 Å². The van der Waals surface area contributed by atoms with Crippen molar-refractivity contribution in [2.45, 2.75) is 26.2 Å². The summed E-state index contributed by atoms with van der Waals surface area (Å²) in [7, 11) is 3.94. The van der Waals surface area contributed by atoms with Crippen molar-refractivity contribution in [2.75, 3.05) is 25.6 Å². The van der Waals surface area contributed by atoms with Crippen LogP contribution in [0.5, 0.6) is 5.75 Å². The van der Waals surface area contributed by atoms with Gasteiger partial charge in [0.2, 0.25) is 0 Å². The lowest BCUT2D eigenvalue weighted by Gasteiger charge is -2.16. The van der Waals surface area contributed by atoms with Crippen molar-refractivity contribution in [3.63, 3.8) is 0 Å². The Balaban J connectivity index is 2.15. The van der Waals surface area contributed by atoms with Gasteiger partial charge in [-0.3, -0.25) is 4.79 Å². The van der Waals surface area contributed by atoms with Crippen molar-refractivity contribution in [1.82, 2.24) is 9.66 Å². The van der Waals surface area contributed by atoms with E-state index in [1.807, 2.05) is 56.3 Å². The van der Waals surface area contributed by atoms with Crippen LogP contribution in [-0.2, 0) is 0 Å². The van der Waals surface area contributed by atoms with E-state index < -0.39 is 0 Å². The second-order valence-corrected chi connectivity index (χ2v) is 8.43. The molecule has 0 saturated carbocycles. The normalized spacial score (nSPS) is 12.3. The zero-order valence-electron chi connectivity index (χ0n) is 18.3. The minimum atomic E-state index is -0.198. The van der Waals surface area contributed by atoms with E-state index in [1.165, 1.54) is 4.68 Å². The Hall–Kier alpha value is -2.93. The minimum Gasteiger partial charge on any atom is -0.489 e. The van der Waals surface area contributed by atoms with E-state index in [2.05, 4.69) is 34.5 Å². The summed E-state index contributed by atoms with van der Waals surface area (Å²) in [6.45, 7) is 8.21. The Bertz CT molecular complexity index is 1180. The van der Waals surface area contributed by atoms with Crippen LogP contribution in [0.2, 0.25) is 0 Å². The third kappa shape index (κ3) is 5.05. The SMILES string of the molecule is C=CCOc1cc(N(C)C)ccc1C=Nn1c([C@H](C)CC)nc2ccc(Br)cc2c1=O. The van der Waals surface area contributed by atoms with Crippen molar-refractivity contribution in [3.05, 3.63) is 75.3 Å². The average Bonchev–Trinajstić information content (AvgIpc) is 2.76. The van der Waals surface area contributed by atoms with E-state index in [9.17, 15) is 4.79 Å². The van der Waals surface area contributed by atoms with E-state index in [1.54, 1.807) is 18.4 Å². The maximum Gasteiger partial charge on any atom is 0.282 e. The Morgan fingerprint density at radius 3 is 2.74 bits per heavy atom. The third-order valence-electron chi connectivity index (χ3n) is 5.07. The molecule has 1 heterocycles. The molecule has 7 heteroatoms. The summed E-state index contributed by atoms with van der Waals surface area (Å²) in [4.78, 5) is 20.0.